The van der Waals surface area contributed by atoms with Crippen molar-refractivity contribution in [1.82, 2.24) is 19.8 Å². The molecule has 3 aromatic rings. The number of fused-ring (bicyclic) bond motifs is 1. The first-order chi connectivity index (χ1) is 15.6. The molecular weight excluding hydrogens is 470 g/mol. The van der Waals surface area contributed by atoms with Crippen molar-refractivity contribution < 1.29 is 9.53 Å². The van der Waals surface area contributed by atoms with Crippen LogP contribution in [0.1, 0.15) is 29.8 Å². The van der Waals surface area contributed by atoms with E-state index in [-0.39, 0.29) is 5.91 Å². The molecule has 7 nitrogen and oxygen atoms in total. The number of anilines is 1. The minimum atomic E-state index is -0.114. The average molecular weight is 500 g/mol. The van der Waals surface area contributed by atoms with Crippen molar-refractivity contribution in [3.05, 3.63) is 58.8 Å². The maximum atomic E-state index is 12.4. The smallest absolute Gasteiger partial charge is 0.271 e. The van der Waals surface area contributed by atoms with Gasteiger partial charge in [0, 0.05) is 43.4 Å². The lowest BCUT2D eigenvalue weighted by atomic mass is 10.2. The molecule has 3 heterocycles. The third-order valence-electron chi connectivity index (χ3n) is 5.89. The van der Waals surface area contributed by atoms with Gasteiger partial charge in [-0.05, 0) is 65.6 Å². The molecule has 0 spiro atoms. The van der Waals surface area contributed by atoms with Gasteiger partial charge in [0.05, 0.1) is 18.3 Å². The summed E-state index contributed by atoms with van der Waals surface area (Å²) in [6, 6.07) is 13.9. The molecule has 170 valence electrons. The zero-order valence-corrected chi connectivity index (χ0v) is 20.1. The fourth-order valence-corrected chi connectivity index (χ4v) is 4.43. The number of unbranched alkanes of at least 4 members (excludes halogenated alkanes) is 2. The molecule has 1 saturated heterocycles. The standard InChI is InChI=1S/C24H30BrN5O2/c1-32-23-8-4-3-7-22(23)29-15-13-28(14-16-29)12-6-2-5-11-26-24(31)21-17-20-10-9-19(25)18-30(20)27-21/h3-4,7-10,17-18H,2,5-6,11-16H2,1H3,(H,26,31). The van der Waals surface area contributed by atoms with Crippen molar-refractivity contribution in [2.24, 2.45) is 0 Å². The molecule has 8 heteroatoms. The normalized spacial score (nSPS) is 14.6. The number of nitrogens with zero attached hydrogens (tertiary/aromatic N) is 4. The molecule has 4 rings (SSSR count). The van der Waals surface area contributed by atoms with Gasteiger partial charge in [0.15, 0.2) is 5.69 Å². The molecule has 1 aromatic carbocycles. The average Bonchev–Trinajstić information content (AvgIpc) is 3.25. The van der Waals surface area contributed by atoms with Crippen LogP contribution in [0.5, 0.6) is 5.75 Å². The summed E-state index contributed by atoms with van der Waals surface area (Å²) in [6.07, 6.45) is 5.08. The highest BCUT2D eigenvalue weighted by Gasteiger charge is 2.19. The number of pyridine rings is 1. The molecule has 0 atom stereocenters. The second-order valence-corrected chi connectivity index (χ2v) is 8.98. The summed E-state index contributed by atoms with van der Waals surface area (Å²) in [5, 5.41) is 7.33. The van der Waals surface area contributed by atoms with E-state index in [1.807, 2.05) is 36.5 Å². The number of ether oxygens (including phenoxy) is 1. The molecule has 0 bridgehead atoms. The Bertz CT molecular complexity index is 1050. The molecule has 0 aliphatic carbocycles. The molecule has 1 fully saturated rings. The van der Waals surface area contributed by atoms with Crippen LogP contribution in [0.3, 0.4) is 0 Å². The lowest BCUT2D eigenvalue weighted by molar-refractivity contribution is 0.0947. The third kappa shape index (κ3) is 5.61. The fraction of sp³-hybridized carbons (Fsp3) is 0.417. The number of amides is 1. The Labute approximate surface area is 197 Å². The van der Waals surface area contributed by atoms with Crippen molar-refractivity contribution in [3.63, 3.8) is 0 Å². The van der Waals surface area contributed by atoms with Crippen molar-refractivity contribution >= 4 is 33.0 Å². The number of piperazine rings is 1. The summed E-state index contributed by atoms with van der Waals surface area (Å²) in [7, 11) is 1.73. The van der Waals surface area contributed by atoms with Gasteiger partial charge in [-0.15, -0.1) is 0 Å². The van der Waals surface area contributed by atoms with Crippen LogP contribution >= 0.6 is 15.9 Å². The van der Waals surface area contributed by atoms with E-state index in [1.165, 1.54) is 5.69 Å². The number of rotatable bonds is 9. The number of hydrogen-bond acceptors (Lipinski definition) is 5. The zero-order valence-electron chi connectivity index (χ0n) is 18.5. The fourth-order valence-electron chi connectivity index (χ4n) is 4.11. The summed E-state index contributed by atoms with van der Waals surface area (Å²) in [5.41, 5.74) is 2.55. The lowest BCUT2D eigenvalue weighted by Crippen LogP contribution is -2.46. The van der Waals surface area contributed by atoms with Crippen LogP contribution in [0.15, 0.2) is 53.1 Å². The van der Waals surface area contributed by atoms with Gasteiger partial charge in [-0.25, -0.2) is 4.52 Å². The molecule has 1 aliphatic rings. The number of hydrogen-bond donors (Lipinski definition) is 1. The molecule has 0 radical (unpaired) electrons. The number of para-hydroxylation sites is 2. The number of halogens is 1. The number of carbonyl (C=O) groups is 1. The van der Waals surface area contributed by atoms with E-state index in [1.54, 1.807) is 11.6 Å². The second kappa shape index (κ2) is 10.8. The number of methoxy groups -OCH3 is 1. The molecule has 0 unspecified atom stereocenters. The Hall–Kier alpha value is -2.58. The molecule has 0 saturated carbocycles. The summed E-state index contributed by atoms with van der Waals surface area (Å²) in [5.74, 6) is 0.830. The van der Waals surface area contributed by atoms with E-state index in [2.05, 4.69) is 48.3 Å². The SMILES string of the molecule is COc1ccccc1N1CCN(CCCCCNC(=O)c2cc3ccc(Br)cn3n2)CC1. The van der Waals surface area contributed by atoms with Crippen molar-refractivity contribution in [2.45, 2.75) is 19.3 Å². The molecule has 1 N–H and O–H groups in total. The third-order valence-corrected chi connectivity index (χ3v) is 6.36. The van der Waals surface area contributed by atoms with Crippen LogP contribution in [0.2, 0.25) is 0 Å². The van der Waals surface area contributed by atoms with Crippen LogP contribution in [-0.2, 0) is 0 Å². The van der Waals surface area contributed by atoms with E-state index >= 15 is 0 Å². The van der Waals surface area contributed by atoms with Crippen LogP contribution in [-0.4, -0.2) is 66.8 Å². The zero-order chi connectivity index (χ0) is 22.3. The minimum absolute atomic E-state index is 0.114. The monoisotopic (exact) mass is 499 g/mol. The maximum Gasteiger partial charge on any atom is 0.271 e. The Morgan fingerprint density at radius 2 is 1.91 bits per heavy atom. The van der Waals surface area contributed by atoms with Crippen LogP contribution in [0.25, 0.3) is 5.52 Å². The van der Waals surface area contributed by atoms with E-state index in [0.717, 1.165) is 67.7 Å². The second-order valence-electron chi connectivity index (χ2n) is 8.06. The van der Waals surface area contributed by atoms with Crippen LogP contribution in [0.4, 0.5) is 5.69 Å². The highest BCUT2D eigenvalue weighted by atomic mass is 79.9. The van der Waals surface area contributed by atoms with E-state index in [0.29, 0.717) is 12.2 Å². The largest absolute Gasteiger partial charge is 0.495 e. The Morgan fingerprint density at radius 1 is 1.09 bits per heavy atom. The summed E-state index contributed by atoms with van der Waals surface area (Å²) >= 11 is 3.42. The summed E-state index contributed by atoms with van der Waals surface area (Å²) in [6.45, 7) is 5.96. The van der Waals surface area contributed by atoms with Gasteiger partial charge in [0.1, 0.15) is 5.75 Å². The van der Waals surface area contributed by atoms with Crippen molar-refractivity contribution in [2.75, 3.05) is 51.3 Å². The summed E-state index contributed by atoms with van der Waals surface area (Å²) in [4.78, 5) is 17.3. The quantitative estimate of drug-likeness (QED) is 0.453. The van der Waals surface area contributed by atoms with E-state index in [4.69, 9.17) is 4.74 Å². The first kappa shape index (κ1) is 22.6. The molecule has 2 aromatic heterocycles. The van der Waals surface area contributed by atoms with Gasteiger partial charge >= 0.3 is 0 Å². The van der Waals surface area contributed by atoms with Crippen molar-refractivity contribution in [3.8, 4) is 5.75 Å². The number of benzene rings is 1. The maximum absolute atomic E-state index is 12.4. The van der Waals surface area contributed by atoms with Crippen LogP contribution < -0.4 is 15.0 Å². The number of aromatic nitrogens is 2. The lowest BCUT2D eigenvalue weighted by Gasteiger charge is -2.36. The van der Waals surface area contributed by atoms with Crippen molar-refractivity contribution in [1.29, 1.82) is 0 Å². The number of carbonyl (C=O) groups excluding carboxylic acids is 1. The molecule has 1 amide bonds. The summed E-state index contributed by atoms with van der Waals surface area (Å²) < 4.78 is 8.15. The highest BCUT2D eigenvalue weighted by molar-refractivity contribution is 9.10. The van der Waals surface area contributed by atoms with Gasteiger partial charge in [0.25, 0.3) is 5.91 Å². The van der Waals surface area contributed by atoms with Gasteiger partial charge in [-0.1, -0.05) is 18.6 Å². The van der Waals surface area contributed by atoms with Gasteiger partial charge in [-0.3, -0.25) is 9.69 Å². The predicted molar refractivity (Wildman–Crippen MR) is 131 cm³/mol. The van der Waals surface area contributed by atoms with Crippen LogP contribution in [0, 0.1) is 0 Å². The topological polar surface area (TPSA) is 62.1 Å². The molecule has 1 aliphatic heterocycles. The Kier molecular flexibility index (Phi) is 7.65. The first-order valence-electron chi connectivity index (χ1n) is 11.2. The predicted octanol–water partition coefficient (Wildman–Crippen LogP) is 3.83. The van der Waals surface area contributed by atoms with E-state index in [9.17, 15) is 4.79 Å². The highest BCUT2D eigenvalue weighted by Crippen LogP contribution is 2.28. The van der Waals surface area contributed by atoms with E-state index < -0.39 is 0 Å². The van der Waals surface area contributed by atoms with Gasteiger partial charge in [0.2, 0.25) is 0 Å². The first-order valence-corrected chi connectivity index (χ1v) is 12.0. The minimum Gasteiger partial charge on any atom is -0.495 e. The molecular formula is C24H30BrN5O2. The number of nitrogens with one attached hydrogen (secondary N) is 1. The van der Waals surface area contributed by atoms with Gasteiger partial charge < -0.3 is 15.0 Å². The Morgan fingerprint density at radius 3 is 2.72 bits per heavy atom. The Balaban J connectivity index is 1.12. The molecule has 32 heavy (non-hydrogen) atoms. The van der Waals surface area contributed by atoms with Gasteiger partial charge in [-0.2, -0.15) is 5.10 Å².